The Labute approximate surface area is 112 Å². The molecule has 96 valence electrons. The van der Waals surface area contributed by atoms with Gasteiger partial charge in [-0.1, -0.05) is 25.4 Å². The zero-order chi connectivity index (χ0) is 13.1. The summed E-state index contributed by atoms with van der Waals surface area (Å²) in [4.78, 5) is 4.53. The SMILES string of the molecule is Cc1ccn(-c2ccc(Cl)c(CNC(C)C)n2)n1. The molecule has 2 rings (SSSR count). The van der Waals surface area contributed by atoms with Crippen molar-refractivity contribution in [3.63, 3.8) is 0 Å². The largest absolute Gasteiger partial charge is 0.309 e. The van der Waals surface area contributed by atoms with Crippen molar-refractivity contribution >= 4 is 11.6 Å². The number of rotatable bonds is 4. The third kappa shape index (κ3) is 3.09. The van der Waals surface area contributed by atoms with Crippen LogP contribution in [0.25, 0.3) is 5.82 Å². The number of nitrogens with zero attached hydrogens (tertiary/aromatic N) is 3. The number of aromatic nitrogens is 3. The van der Waals surface area contributed by atoms with E-state index in [4.69, 9.17) is 11.6 Å². The van der Waals surface area contributed by atoms with E-state index in [0.717, 1.165) is 17.2 Å². The normalized spacial score (nSPS) is 11.2. The van der Waals surface area contributed by atoms with E-state index in [1.165, 1.54) is 0 Å². The lowest BCUT2D eigenvalue weighted by Crippen LogP contribution is -2.23. The van der Waals surface area contributed by atoms with Crippen LogP contribution in [0.15, 0.2) is 24.4 Å². The molecule has 0 amide bonds. The fourth-order valence-corrected chi connectivity index (χ4v) is 1.74. The van der Waals surface area contributed by atoms with Gasteiger partial charge in [-0.25, -0.2) is 9.67 Å². The first kappa shape index (κ1) is 13.1. The lowest BCUT2D eigenvalue weighted by molar-refractivity contribution is 0.580. The highest BCUT2D eigenvalue weighted by molar-refractivity contribution is 6.31. The molecule has 0 aliphatic rings. The van der Waals surface area contributed by atoms with Gasteiger partial charge in [0.25, 0.3) is 0 Å². The van der Waals surface area contributed by atoms with Gasteiger partial charge in [0, 0.05) is 18.8 Å². The summed E-state index contributed by atoms with van der Waals surface area (Å²) in [7, 11) is 0. The van der Waals surface area contributed by atoms with Gasteiger partial charge in [-0.05, 0) is 25.1 Å². The van der Waals surface area contributed by atoms with Crippen LogP contribution in [0, 0.1) is 6.92 Å². The van der Waals surface area contributed by atoms with Crippen LogP contribution >= 0.6 is 11.6 Å². The van der Waals surface area contributed by atoms with Gasteiger partial charge in [0.15, 0.2) is 5.82 Å². The van der Waals surface area contributed by atoms with Crippen LogP contribution in [0.1, 0.15) is 25.2 Å². The molecule has 0 aliphatic heterocycles. The fourth-order valence-electron chi connectivity index (χ4n) is 1.57. The van der Waals surface area contributed by atoms with Gasteiger partial charge >= 0.3 is 0 Å². The predicted molar refractivity (Wildman–Crippen MR) is 73.1 cm³/mol. The van der Waals surface area contributed by atoms with Gasteiger partial charge in [0.1, 0.15) is 0 Å². The molecule has 0 unspecified atom stereocenters. The van der Waals surface area contributed by atoms with Crippen LogP contribution < -0.4 is 5.32 Å². The van der Waals surface area contributed by atoms with E-state index in [-0.39, 0.29) is 0 Å². The highest BCUT2D eigenvalue weighted by Crippen LogP contribution is 2.16. The Morgan fingerprint density at radius 1 is 1.33 bits per heavy atom. The van der Waals surface area contributed by atoms with Crippen molar-refractivity contribution in [3.05, 3.63) is 40.8 Å². The first-order valence-electron chi connectivity index (χ1n) is 5.97. The maximum atomic E-state index is 6.14. The molecule has 2 aromatic rings. The second-order valence-corrected chi connectivity index (χ2v) is 4.94. The number of aryl methyl sites for hydroxylation is 1. The van der Waals surface area contributed by atoms with Crippen LogP contribution in [0.3, 0.4) is 0 Å². The minimum absolute atomic E-state index is 0.401. The Bertz CT molecular complexity index is 534. The van der Waals surface area contributed by atoms with E-state index in [1.807, 2.05) is 31.3 Å². The lowest BCUT2D eigenvalue weighted by atomic mass is 10.3. The first-order chi connectivity index (χ1) is 8.56. The van der Waals surface area contributed by atoms with E-state index in [0.29, 0.717) is 17.6 Å². The Kier molecular flexibility index (Phi) is 3.99. The summed E-state index contributed by atoms with van der Waals surface area (Å²) >= 11 is 6.14. The van der Waals surface area contributed by atoms with Gasteiger partial charge in [0.05, 0.1) is 16.4 Å². The molecule has 0 aromatic carbocycles. The van der Waals surface area contributed by atoms with Crippen molar-refractivity contribution in [2.45, 2.75) is 33.4 Å². The predicted octanol–water partition coefficient (Wildman–Crippen LogP) is 2.73. The molecule has 0 atom stereocenters. The minimum Gasteiger partial charge on any atom is -0.309 e. The molecule has 18 heavy (non-hydrogen) atoms. The van der Waals surface area contributed by atoms with Crippen molar-refractivity contribution < 1.29 is 0 Å². The summed E-state index contributed by atoms with van der Waals surface area (Å²) in [6.07, 6.45) is 1.89. The maximum Gasteiger partial charge on any atom is 0.153 e. The van der Waals surface area contributed by atoms with E-state index >= 15 is 0 Å². The monoisotopic (exact) mass is 264 g/mol. The lowest BCUT2D eigenvalue weighted by Gasteiger charge is -2.10. The summed E-state index contributed by atoms with van der Waals surface area (Å²) in [5.41, 5.74) is 1.81. The van der Waals surface area contributed by atoms with Crippen LogP contribution in [-0.2, 0) is 6.54 Å². The van der Waals surface area contributed by atoms with Crippen molar-refractivity contribution in [1.82, 2.24) is 20.1 Å². The molecule has 2 aromatic heterocycles. The zero-order valence-corrected chi connectivity index (χ0v) is 11.6. The second kappa shape index (κ2) is 5.50. The minimum atomic E-state index is 0.401. The van der Waals surface area contributed by atoms with E-state index in [1.54, 1.807) is 4.68 Å². The topological polar surface area (TPSA) is 42.7 Å². The van der Waals surface area contributed by atoms with E-state index in [2.05, 4.69) is 29.2 Å². The van der Waals surface area contributed by atoms with Crippen molar-refractivity contribution in [2.75, 3.05) is 0 Å². The molecule has 2 heterocycles. The van der Waals surface area contributed by atoms with Crippen molar-refractivity contribution in [1.29, 1.82) is 0 Å². The van der Waals surface area contributed by atoms with Crippen molar-refractivity contribution in [3.8, 4) is 5.82 Å². The summed E-state index contributed by atoms with van der Waals surface area (Å²) in [6, 6.07) is 6.08. The number of pyridine rings is 1. The average Bonchev–Trinajstić information content (AvgIpc) is 2.74. The van der Waals surface area contributed by atoms with Gasteiger partial charge in [-0.3, -0.25) is 0 Å². The third-order valence-electron chi connectivity index (χ3n) is 2.54. The molecule has 0 radical (unpaired) electrons. The van der Waals surface area contributed by atoms with Crippen LogP contribution in [0.4, 0.5) is 0 Å². The number of hydrogen-bond acceptors (Lipinski definition) is 3. The number of halogens is 1. The quantitative estimate of drug-likeness (QED) is 0.923. The van der Waals surface area contributed by atoms with Gasteiger partial charge in [-0.15, -0.1) is 0 Å². The first-order valence-corrected chi connectivity index (χ1v) is 6.35. The Morgan fingerprint density at radius 2 is 2.11 bits per heavy atom. The molecule has 4 nitrogen and oxygen atoms in total. The van der Waals surface area contributed by atoms with Crippen LogP contribution in [0.2, 0.25) is 5.02 Å². The highest BCUT2D eigenvalue weighted by Gasteiger charge is 2.06. The summed E-state index contributed by atoms with van der Waals surface area (Å²) < 4.78 is 1.75. The summed E-state index contributed by atoms with van der Waals surface area (Å²) in [5, 5.41) is 8.32. The second-order valence-electron chi connectivity index (χ2n) is 4.54. The molecule has 0 spiro atoms. The number of hydrogen-bond donors (Lipinski definition) is 1. The Hall–Kier alpha value is -1.39. The van der Waals surface area contributed by atoms with E-state index < -0.39 is 0 Å². The fraction of sp³-hybridized carbons (Fsp3) is 0.385. The Morgan fingerprint density at radius 3 is 2.72 bits per heavy atom. The molecular formula is C13H17ClN4. The van der Waals surface area contributed by atoms with Crippen molar-refractivity contribution in [2.24, 2.45) is 0 Å². The molecule has 0 saturated heterocycles. The summed E-state index contributed by atoms with van der Waals surface area (Å²) in [6.45, 7) is 6.79. The molecular weight excluding hydrogens is 248 g/mol. The van der Waals surface area contributed by atoms with Crippen LogP contribution in [-0.4, -0.2) is 20.8 Å². The average molecular weight is 265 g/mol. The molecule has 0 aliphatic carbocycles. The van der Waals surface area contributed by atoms with Crippen LogP contribution in [0.5, 0.6) is 0 Å². The molecule has 0 fully saturated rings. The smallest absolute Gasteiger partial charge is 0.153 e. The maximum absolute atomic E-state index is 6.14. The van der Waals surface area contributed by atoms with Gasteiger partial charge in [-0.2, -0.15) is 5.10 Å². The highest BCUT2D eigenvalue weighted by atomic mass is 35.5. The Balaban J connectivity index is 2.25. The molecule has 0 saturated carbocycles. The summed E-state index contributed by atoms with van der Waals surface area (Å²) in [5.74, 6) is 0.785. The van der Waals surface area contributed by atoms with E-state index in [9.17, 15) is 0 Å². The zero-order valence-electron chi connectivity index (χ0n) is 10.8. The molecule has 5 heteroatoms. The molecule has 0 bridgehead atoms. The molecule has 1 N–H and O–H groups in total. The van der Waals surface area contributed by atoms with Gasteiger partial charge < -0.3 is 5.32 Å². The third-order valence-corrected chi connectivity index (χ3v) is 2.88. The van der Waals surface area contributed by atoms with Gasteiger partial charge in [0.2, 0.25) is 0 Å². The number of nitrogens with one attached hydrogen (secondary N) is 1. The standard InChI is InChI=1S/C13H17ClN4/c1-9(2)15-8-12-11(14)4-5-13(16-12)18-7-6-10(3)17-18/h4-7,9,15H,8H2,1-3H3.